The van der Waals surface area contributed by atoms with Gasteiger partial charge in [-0.3, -0.25) is 4.98 Å². The summed E-state index contributed by atoms with van der Waals surface area (Å²) in [6, 6.07) is 2.10. The zero-order valence-corrected chi connectivity index (χ0v) is 13.5. The van der Waals surface area contributed by atoms with Gasteiger partial charge >= 0.3 is 0 Å². The molecule has 0 saturated carbocycles. The van der Waals surface area contributed by atoms with Crippen molar-refractivity contribution >= 4 is 0 Å². The first kappa shape index (κ1) is 19.4. The van der Waals surface area contributed by atoms with E-state index in [9.17, 15) is 0 Å². The van der Waals surface area contributed by atoms with Gasteiger partial charge in [0.15, 0.2) is 0 Å². The Morgan fingerprint density at radius 3 is 1.56 bits per heavy atom. The van der Waals surface area contributed by atoms with E-state index in [2.05, 4.69) is 36.8 Å². The van der Waals surface area contributed by atoms with Crippen LogP contribution in [-0.2, 0) is 0 Å². The van der Waals surface area contributed by atoms with Crippen LogP contribution in [-0.4, -0.2) is 30.0 Å². The second kappa shape index (κ2) is 14.2. The molecule has 18 heavy (non-hydrogen) atoms. The minimum absolute atomic E-state index is 1.23. The van der Waals surface area contributed by atoms with E-state index >= 15 is 0 Å². The summed E-state index contributed by atoms with van der Waals surface area (Å²) < 4.78 is 0. The standard InChI is InChI=1S/C7H9N.C7H17N.C2H6/c1-6-3-7(2)5-8-4-6;1-4-6-8(3)7-5-2;1-2/h3-5H,1-2H3;4-7H2,1-3H3;1-2H3. The van der Waals surface area contributed by atoms with Crippen LogP contribution >= 0.6 is 0 Å². The van der Waals surface area contributed by atoms with E-state index in [0.29, 0.717) is 0 Å². The number of aromatic nitrogens is 1. The molecule has 0 saturated heterocycles. The van der Waals surface area contributed by atoms with E-state index in [1.807, 2.05) is 40.1 Å². The van der Waals surface area contributed by atoms with E-state index in [4.69, 9.17) is 0 Å². The van der Waals surface area contributed by atoms with Crippen molar-refractivity contribution in [2.24, 2.45) is 0 Å². The lowest BCUT2D eigenvalue weighted by atomic mass is 10.2. The molecule has 0 aliphatic rings. The molecule has 0 aliphatic heterocycles. The van der Waals surface area contributed by atoms with Crippen molar-refractivity contribution in [1.29, 1.82) is 0 Å². The zero-order chi connectivity index (χ0) is 14.4. The van der Waals surface area contributed by atoms with Gasteiger partial charge in [0, 0.05) is 12.4 Å². The molecule has 0 aliphatic carbocycles. The van der Waals surface area contributed by atoms with Crippen LogP contribution < -0.4 is 0 Å². The average molecular weight is 252 g/mol. The molecule has 0 spiro atoms. The third kappa shape index (κ3) is 13.2. The fraction of sp³-hybridized carbons (Fsp3) is 0.688. The van der Waals surface area contributed by atoms with Crippen LogP contribution in [0.1, 0.15) is 51.7 Å². The molecule has 1 heterocycles. The summed E-state index contributed by atoms with van der Waals surface area (Å²) in [5.74, 6) is 0. The number of rotatable bonds is 4. The van der Waals surface area contributed by atoms with Gasteiger partial charge in [-0.25, -0.2) is 0 Å². The summed E-state index contributed by atoms with van der Waals surface area (Å²) in [4.78, 5) is 6.34. The molecule has 2 nitrogen and oxygen atoms in total. The van der Waals surface area contributed by atoms with Gasteiger partial charge in [0.05, 0.1) is 0 Å². The summed E-state index contributed by atoms with van der Waals surface area (Å²) in [6.07, 6.45) is 6.26. The quantitative estimate of drug-likeness (QED) is 0.786. The lowest BCUT2D eigenvalue weighted by molar-refractivity contribution is 0.335. The van der Waals surface area contributed by atoms with Crippen LogP contribution in [0.3, 0.4) is 0 Å². The van der Waals surface area contributed by atoms with Gasteiger partial charge in [-0.2, -0.15) is 0 Å². The van der Waals surface area contributed by atoms with Gasteiger partial charge in [0.2, 0.25) is 0 Å². The Balaban J connectivity index is 0. The molecule has 2 heteroatoms. The molecule has 1 aromatic rings. The fourth-order valence-electron chi connectivity index (χ4n) is 1.58. The van der Waals surface area contributed by atoms with Crippen LogP contribution in [0.25, 0.3) is 0 Å². The SMILES string of the molecule is CC.CCCN(C)CCC.Cc1cncc(C)c1. The lowest BCUT2D eigenvalue weighted by Gasteiger charge is -2.12. The molecule has 1 rings (SSSR count). The lowest BCUT2D eigenvalue weighted by Crippen LogP contribution is -2.19. The van der Waals surface area contributed by atoms with Crippen molar-refractivity contribution in [2.75, 3.05) is 20.1 Å². The third-order valence-corrected chi connectivity index (χ3v) is 2.22. The molecule has 0 amide bonds. The topological polar surface area (TPSA) is 16.1 Å². The fourth-order valence-corrected chi connectivity index (χ4v) is 1.58. The average Bonchev–Trinajstić information content (AvgIpc) is 2.33. The highest BCUT2D eigenvalue weighted by atomic mass is 15.1. The predicted molar refractivity (Wildman–Crippen MR) is 83.1 cm³/mol. The Morgan fingerprint density at radius 1 is 0.944 bits per heavy atom. The van der Waals surface area contributed by atoms with Crippen LogP contribution in [0, 0.1) is 13.8 Å². The van der Waals surface area contributed by atoms with Crippen molar-refractivity contribution in [3.05, 3.63) is 29.6 Å². The van der Waals surface area contributed by atoms with Crippen LogP contribution in [0.15, 0.2) is 18.5 Å². The summed E-state index contributed by atoms with van der Waals surface area (Å²) in [5, 5.41) is 0. The van der Waals surface area contributed by atoms with Crippen molar-refractivity contribution in [1.82, 2.24) is 9.88 Å². The monoisotopic (exact) mass is 252 g/mol. The summed E-state index contributed by atoms with van der Waals surface area (Å²) in [7, 11) is 2.17. The molecule has 0 N–H and O–H groups in total. The molecular weight excluding hydrogens is 220 g/mol. The smallest absolute Gasteiger partial charge is 0.0297 e. The highest BCUT2D eigenvalue weighted by molar-refractivity contribution is 5.14. The van der Waals surface area contributed by atoms with Gasteiger partial charge in [0.1, 0.15) is 0 Å². The first-order valence-corrected chi connectivity index (χ1v) is 7.16. The summed E-state index contributed by atoms with van der Waals surface area (Å²) >= 11 is 0. The first-order valence-electron chi connectivity index (χ1n) is 7.16. The largest absolute Gasteiger partial charge is 0.306 e. The third-order valence-electron chi connectivity index (χ3n) is 2.22. The van der Waals surface area contributed by atoms with E-state index in [-0.39, 0.29) is 0 Å². The van der Waals surface area contributed by atoms with Crippen LogP contribution in [0.4, 0.5) is 0 Å². The van der Waals surface area contributed by atoms with Crippen molar-refractivity contribution < 1.29 is 0 Å². The minimum atomic E-state index is 1.23. The summed E-state index contributed by atoms with van der Waals surface area (Å²) in [5.41, 5.74) is 2.45. The normalized spacial score (nSPS) is 9.11. The molecule has 0 unspecified atom stereocenters. The van der Waals surface area contributed by atoms with Crippen molar-refractivity contribution in [3.63, 3.8) is 0 Å². The van der Waals surface area contributed by atoms with E-state index < -0.39 is 0 Å². The minimum Gasteiger partial charge on any atom is -0.306 e. The molecule has 0 bridgehead atoms. The number of aryl methyl sites for hydroxylation is 2. The van der Waals surface area contributed by atoms with Gasteiger partial charge in [-0.15, -0.1) is 0 Å². The highest BCUT2D eigenvalue weighted by Gasteiger charge is 1.90. The maximum absolute atomic E-state index is 3.98. The summed E-state index contributed by atoms with van der Waals surface area (Å²) in [6.45, 7) is 15.0. The Morgan fingerprint density at radius 2 is 1.33 bits per heavy atom. The van der Waals surface area contributed by atoms with Gasteiger partial charge in [-0.1, -0.05) is 33.8 Å². The molecule has 0 radical (unpaired) electrons. The van der Waals surface area contributed by atoms with Crippen LogP contribution in [0.2, 0.25) is 0 Å². The molecule has 1 aromatic heterocycles. The highest BCUT2D eigenvalue weighted by Crippen LogP contribution is 1.96. The molecule has 106 valence electrons. The predicted octanol–water partition coefficient (Wildman–Crippen LogP) is 4.46. The Hall–Kier alpha value is -0.890. The number of pyridine rings is 1. The van der Waals surface area contributed by atoms with Crippen LogP contribution in [0.5, 0.6) is 0 Å². The molecule has 0 fully saturated rings. The van der Waals surface area contributed by atoms with Gasteiger partial charge in [0.25, 0.3) is 0 Å². The Bertz CT molecular complexity index is 248. The number of nitrogens with zero attached hydrogens (tertiary/aromatic N) is 2. The van der Waals surface area contributed by atoms with Gasteiger partial charge in [-0.05, 0) is 58.0 Å². The van der Waals surface area contributed by atoms with E-state index in [1.54, 1.807) is 0 Å². The molecule has 0 atom stereocenters. The van der Waals surface area contributed by atoms with E-state index in [0.717, 1.165) is 0 Å². The van der Waals surface area contributed by atoms with Crippen molar-refractivity contribution in [2.45, 2.75) is 54.4 Å². The van der Waals surface area contributed by atoms with E-state index in [1.165, 1.54) is 37.1 Å². The number of hydrogen-bond acceptors (Lipinski definition) is 2. The Kier molecular flexibility index (Phi) is 15.3. The zero-order valence-electron chi connectivity index (χ0n) is 13.5. The molecule has 0 aromatic carbocycles. The molecular formula is C16H32N2. The second-order valence-electron chi connectivity index (χ2n) is 4.34. The van der Waals surface area contributed by atoms with Crippen molar-refractivity contribution in [3.8, 4) is 0 Å². The maximum atomic E-state index is 3.98. The van der Waals surface area contributed by atoms with Gasteiger partial charge < -0.3 is 4.90 Å². The first-order chi connectivity index (χ1) is 8.60. The Labute approximate surface area is 114 Å². The number of hydrogen-bond donors (Lipinski definition) is 0. The second-order valence-corrected chi connectivity index (χ2v) is 4.34. The maximum Gasteiger partial charge on any atom is 0.0297 e.